The number of fused-ring (bicyclic) bond motifs is 1. The lowest BCUT2D eigenvalue weighted by Crippen LogP contribution is -2.36. The molecule has 1 saturated heterocycles. The van der Waals surface area contributed by atoms with Crippen LogP contribution >= 0.6 is 11.3 Å². The van der Waals surface area contributed by atoms with Gasteiger partial charge in [0, 0.05) is 50.1 Å². The molecule has 2 aliphatic rings. The van der Waals surface area contributed by atoms with Crippen molar-refractivity contribution in [2.24, 2.45) is 0 Å². The number of aryl methyl sites for hydroxylation is 1. The minimum absolute atomic E-state index is 0.120. The Morgan fingerprint density at radius 2 is 2.11 bits per heavy atom. The van der Waals surface area contributed by atoms with E-state index < -0.39 is 0 Å². The molecule has 0 saturated carbocycles. The first-order valence-electron chi connectivity index (χ1n) is 9.20. The van der Waals surface area contributed by atoms with Gasteiger partial charge in [0.1, 0.15) is 10.7 Å². The minimum Gasteiger partial charge on any atom is -0.378 e. The molecule has 8 nitrogen and oxygen atoms in total. The zero-order chi connectivity index (χ0) is 18.8. The monoisotopic (exact) mass is 388 g/mol. The molecule has 2 aromatic rings. The maximum absolute atomic E-state index is 12.6. The second kappa shape index (κ2) is 7.87. The lowest BCUT2D eigenvalue weighted by molar-refractivity contribution is 0.0953. The molecule has 2 aliphatic heterocycles. The molecular weight excluding hydrogens is 364 g/mol. The zero-order valence-electron chi connectivity index (χ0n) is 15.7. The van der Waals surface area contributed by atoms with Crippen LogP contribution in [0, 0.1) is 6.92 Å². The van der Waals surface area contributed by atoms with Crippen molar-refractivity contribution in [3.05, 3.63) is 33.8 Å². The number of anilines is 1. The van der Waals surface area contributed by atoms with Crippen LogP contribution in [0.15, 0.2) is 6.20 Å². The van der Waals surface area contributed by atoms with Crippen LogP contribution < -0.4 is 10.2 Å². The summed E-state index contributed by atoms with van der Waals surface area (Å²) in [5.41, 5.74) is 3.02. The number of nitrogens with zero attached hydrogens (tertiary/aromatic N) is 5. The Morgan fingerprint density at radius 1 is 1.30 bits per heavy atom. The Hall–Kier alpha value is -2.10. The highest BCUT2D eigenvalue weighted by Gasteiger charge is 2.21. The fourth-order valence-electron chi connectivity index (χ4n) is 3.31. The zero-order valence-corrected chi connectivity index (χ0v) is 16.5. The van der Waals surface area contributed by atoms with Crippen LogP contribution in [0.2, 0.25) is 0 Å². The summed E-state index contributed by atoms with van der Waals surface area (Å²) in [6.45, 7) is 7.11. The number of carbonyl (C=O) groups excluding carboxylic acids is 1. The average molecular weight is 388 g/mol. The van der Waals surface area contributed by atoms with E-state index >= 15 is 0 Å². The van der Waals surface area contributed by atoms with E-state index in [2.05, 4.69) is 37.1 Å². The van der Waals surface area contributed by atoms with Crippen LogP contribution in [0.3, 0.4) is 0 Å². The first-order chi connectivity index (χ1) is 13.1. The smallest absolute Gasteiger partial charge is 0.263 e. The second-order valence-corrected chi connectivity index (χ2v) is 7.92. The van der Waals surface area contributed by atoms with Crippen molar-refractivity contribution in [1.82, 2.24) is 25.2 Å². The number of morpholine rings is 1. The Labute approximate surface area is 162 Å². The largest absolute Gasteiger partial charge is 0.378 e. The molecule has 1 amide bonds. The molecule has 0 aliphatic carbocycles. The molecule has 0 bridgehead atoms. The molecule has 0 aromatic carbocycles. The summed E-state index contributed by atoms with van der Waals surface area (Å²) >= 11 is 1.43. The summed E-state index contributed by atoms with van der Waals surface area (Å²) < 4.78 is 5.38. The number of carbonyl (C=O) groups is 1. The molecule has 0 spiro atoms. The third kappa shape index (κ3) is 4.10. The van der Waals surface area contributed by atoms with E-state index in [1.165, 1.54) is 16.9 Å². The molecule has 1 fully saturated rings. The summed E-state index contributed by atoms with van der Waals surface area (Å²) in [7, 11) is 2.10. The van der Waals surface area contributed by atoms with Crippen molar-refractivity contribution < 1.29 is 9.53 Å². The topological polar surface area (TPSA) is 83.5 Å². The standard InChI is InChI=1S/C18H24N6O2S/c1-12-16(27-18(21-12)24-5-7-26-8-6-24)17(25)20-10-15-19-9-13-11-23(2)4-3-14(13)22-15/h9H,3-8,10-11H2,1-2H3,(H,20,25). The first kappa shape index (κ1) is 18.3. The Kier molecular flexibility index (Phi) is 5.33. The van der Waals surface area contributed by atoms with Crippen LogP contribution in [0.25, 0.3) is 0 Å². The van der Waals surface area contributed by atoms with E-state index in [0.29, 0.717) is 30.5 Å². The first-order valence-corrected chi connectivity index (χ1v) is 10.0. The minimum atomic E-state index is -0.120. The molecule has 1 N–H and O–H groups in total. The highest BCUT2D eigenvalue weighted by molar-refractivity contribution is 7.17. The molecule has 0 atom stereocenters. The summed E-state index contributed by atoms with van der Waals surface area (Å²) in [6, 6.07) is 0. The number of hydrogen-bond donors (Lipinski definition) is 1. The molecule has 27 heavy (non-hydrogen) atoms. The average Bonchev–Trinajstić information content (AvgIpc) is 3.08. The Morgan fingerprint density at radius 3 is 2.93 bits per heavy atom. The van der Waals surface area contributed by atoms with Crippen molar-refractivity contribution in [1.29, 1.82) is 0 Å². The van der Waals surface area contributed by atoms with Crippen LogP contribution in [-0.4, -0.2) is 65.7 Å². The fraction of sp³-hybridized carbons (Fsp3) is 0.556. The van der Waals surface area contributed by atoms with Crippen LogP contribution in [0.1, 0.15) is 32.4 Å². The SMILES string of the molecule is Cc1nc(N2CCOCC2)sc1C(=O)NCc1ncc2c(n1)CCN(C)C2. The molecule has 4 heterocycles. The number of nitrogens with one attached hydrogen (secondary N) is 1. The molecular formula is C18H24N6O2S. The third-order valence-corrected chi connectivity index (χ3v) is 6.07. The number of rotatable bonds is 4. The van der Waals surface area contributed by atoms with Crippen molar-refractivity contribution >= 4 is 22.4 Å². The number of aromatic nitrogens is 3. The van der Waals surface area contributed by atoms with Crippen molar-refractivity contribution in [2.45, 2.75) is 26.4 Å². The van der Waals surface area contributed by atoms with Gasteiger partial charge in [-0.15, -0.1) is 0 Å². The van der Waals surface area contributed by atoms with Crippen molar-refractivity contribution in [3.8, 4) is 0 Å². The van der Waals surface area contributed by atoms with Gasteiger partial charge in [-0.1, -0.05) is 11.3 Å². The van der Waals surface area contributed by atoms with Gasteiger partial charge in [-0.2, -0.15) is 0 Å². The highest BCUT2D eigenvalue weighted by Crippen LogP contribution is 2.26. The maximum atomic E-state index is 12.6. The molecule has 0 radical (unpaired) electrons. The molecule has 9 heteroatoms. The van der Waals surface area contributed by atoms with Crippen LogP contribution in [0.5, 0.6) is 0 Å². The van der Waals surface area contributed by atoms with E-state index in [4.69, 9.17) is 4.74 Å². The van der Waals surface area contributed by atoms with Crippen molar-refractivity contribution in [3.63, 3.8) is 0 Å². The van der Waals surface area contributed by atoms with Gasteiger partial charge >= 0.3 is 0 Å². The summed E-state index contributed by atoms with van der Waals surface area (Å²) in [5, 5.41) is 3.83. The lowest BCUT2D eigenvalue weighted by atomic mass is 10.1. The predicted octanol–water partition coefficient (Wildman–Crippen LogP) is 0.996. The normalized spacial score (nSPS) is 17.6. The van der Waals surface area contributed by atoms with Gasteiger partial charge in [0.05, 0.1) is 25.5 Å². The molecule has 4 rings (SSSR count). The number of ether oxygens (including phenoxy) is 1. The van der Waals surface area contributed by atoms with E-state index in [1.54, 1.807) is 0 Å². The lowest BCUT2D eigenvalue weighted by Gasteiger charge is -2.25. The quantitative estimate of drug-likeness (QED) is 0.836. The van der Waals surface area contributed by atoms with E-state index in [0.717, 1.165) is 49.1 Å². The Balaban J connectivity index is 1.40. The molecule has 144 valence electrons. The van der Waals surface area contributed by atoms with Gasteiger partial charge in [0.2, 0.25) is 0 Å². The Bertz CT molecular complexity index is 833. The highest BCUT2D eigenvalue weighted by atomic mass is 32.1. The third-order valence-electron chi connectivity index (χ3n) is 4.85. The van der Waals surface area contributed by atoms with Crippen LogP contribution in [0.4, 0.5) is 5.13 Å². The van der Waals surface area contributed by atoms with Gasteiger partial charge in [0.15, 0.2) is 5.13 Å². The number of likely N-dealkylation sites (N-methyl/N-ethyl adjacent to an activating group) is 1. The van der Waals surface area contributed by atoms with E-state index in [9.17, 15) is 4.79 Å². The van der Waals surface area contributed by atoms with E-state index in [-0.39, 0.29) is 5.91 Å². The molecule has 2 aromatic heterocycles. The van der Waals surface area contributed by atoms with Gasteiger partial charge in [0.25, 0.3) is 5.91 Å². The predicted molar refractivity (Wildman–Crippen MR) is 103 cm³/mol. The summed E-state index contributed by atoms with van der Waals surface area (Å²) in [6.07, 6.45) is 2.81. The van der Waals surface area contributed by atoms with Crippen LogP contribution in [-0.2, 0) is 24.2 Å². The number of hydrogen-bond acceptors (Lipinski definition) is 8. The summed E-state index contributed by atoms with van der Waals surface area (Å²) in [5.74, 6) is 0.535. The van der Waals surface area contributed by atoms with Gasteiger partial charge < -0.3 is 19.9 Å². The van der Waals surface area contributed by atoms with Gasteiger partial charge in [-0.05, 0) is 14.0 Å². The number of amides is 1. The maximum Gasteiger partial charge on any atom is 0.263 e. The summed E-state index contributed by atoms with van der Waals surface area (Å²) in [4.78, 5) is 31.3. The van der Waals surface area contributed by atoms with Crippen molar-refractivity contribution in [2.75, 3.05) is 44.8 Å². The molecule has 0 unspecified atom stereocenters. The second-order valence-electron chi connectivity index (χ2n) is 6.94. The van der Waals surface area contributed by atoms with Gasteiger partial charge in [-0.3, -0.25) is 4.79 Å². The fourth-order valence-corrected chi connectivity index (χ4v) is 4.34. The van der Waals surface area contributed by atoms with E-state index in [1.807, 2.05) is 13.1 Å². The number of thiazole rings is 1. The van der Waals surface area contributed by atoms with Gasteiger partial charge in [-0.25, -0.2) is 15.0 Å².